The standard InChI is InChI=1S/C17H22N4O/c1-22-11-5-10-18-17-20-15(13-6-3-2-4-7-13)12-16(21-17)19-14-8-9-14/h2-4,6-7,12,14H,5,8-11H2,1H3,(H2,18,19,20,21). The van der Waals surface area contributed by atoms with E-state index in [4.69, 9.17) is 4.74 Å². The Morgan fingerprint density at radius 1 is 1.18 bits per heavy atom. The van der Waals surface area contributed by atoms with E-state index in [2.05, 4.69) is 32.7 Å². The van der Waals surface area contributed by atoms with Crippen molar-refractivity contribution in [3.63, 3.8) is 0 Å². The van der Waals surface area contributed by atoms with Gasteiger partial charge in [-0.2, -0.15) is 4.98 Å². The van der Waals surface area contributed by atoms with E-state index < -0.39 is 0 Å². The highest BCUT2D eigenvalue weighted by Crippen LogP contribution is 2.27. The maximum atomic E-state index is 5.06. The number of nitrogens with one attached hydrogen (secondary N) is 2. The Kier molecular flexibility index (Phi) is 4.85. The van der Waals surface area contributed by atoms with Crippen LogP contribution >= 0.6 is 0 Å². The Hall–Kier alpha value is -2.14. The second-order valence-electron chi connectivity index (χ2n) is 5.52. The molecule has 0 saturated heterocycles. The Labute approximate surface area is 131 Å². The smallest absolute Gasteiger partial charge is 0.225 e. The normalized spacial score (nSPS) is 13.9. The molecule has 0 amide bonds. The van der Waals surface area contributed by atoms with Crippen LogP contribution in [0.1, 0.15) is 19.3 Å². The first kappa shape index (κ1) is 14.8. The van der Waals surface area contributed by atoms with Crippen LogP contribution in [0.3, 0.4) is 0 Å². The summed E-state index contributed by atoms with van der Waals surface area (Å²) in [6.45, 7) is 1.54. The van der Waals surface area contributed by atoms with Gasteiger partial charge in [-0.1, -0.05) is 30.3 Å². The van der Waals surface area contributed by atoms with Crippen LogP contribution in [-0.2, 0) is 4.74 Å². The van der Waals surface area contributed by atoms with E-state index in [1.807, 2.05) is 24.3 Å². The van der Waals surface area contributed by atoms with Gasteiger partial charge in [-0.3, -0.25) is 0 Å². The minimum atomic E-state index is 0.569. The maximum absolute atomic E-state index is 5.06. The van der Waals surface area contributed by atoms with Crippen molar-refractivity contribution in [1.29, 1.82) is 0 Å². The van der Waals surface area contributed by atoms with Gasteiger partial charge in [0.2, 0.25) is 5.95 Å². The summed E-state index contributed by atoms with van der Waals surface area (Å²) in [5.74, 6) is 1.56. The molecule has 1 aromatic heterocycles. The molecule has 1 aliphatic carbocycles. The van der Waals surface area contributed by atoms with Gasteiger partial charge in [0.25, 0.3) is 0 Å². The highest BCUT2D eigenvalue weighted by Gasteiger charge is 2.22. The number of ether oxygens (including phenoxy) is 1. The van der Waals surface area contributed by atoms with Crippen molar-refractivity contribution >= 4 is 11.8 Å². The molecule has 0 unspecified atom stereocenters. The van der Waals surface area contributed by atoms with Gasteiger partial charge in [-0.25, -0.2) is 4.98 Å². The van der Waals surface area contributed by atoms with Crippen molar-refractivity contribution in [1.82, 2.24) is 9.97 Å². The second-order valence-corrected chi connectivity index (χ2v) is 5.52. The fourth-order valence-electron chi connectivity index (χ4n) is 2.21. The molecule has 0 bridgehead atoms. The molecule has 1 heterocycles. The monoisotopic (exact) mass is 298 g/mol. The molecule has 5 heteroatoms. The summed E-state index contributed by atoms with van der Waals surface area (Å²) in [5.41, 5.74) is 2.04. The summed E-state index contributed by atoms with van der Waals surface area (Å²) in [6, 6.07) is 12.8. The minimum Gasteiger partial charge on any atom is -0.385 e. The van der Waals surface area contributed by atoms with Crippen molar-refractivity contribution in [3.05, 3.63) is 36.4 Å². The molecule has 2 aromatic rings. The van der Waals surface area contributed by atoms with Crippen molar-refractivity contribution in [3.8, 4) is 11.3 Å². The lowest BCUT2D eigenvalue weighted by molar-refractivity contribution is 0.197. The Morgan fingerprint density at radius 2 is 2.00 bits per heavy atom. The average Bonchev–Trinajstić information content (AvgIpc) is 3.36. The SMILES string of the molecule is COCCCNc1nc(NC2CC2)cc(-c2ccccc2)n1. The number of anilines is 2. The zero-order valence-corrected chi connectivity index (χ0v) is 12.9. The van der Waals surface area contributed by atoms with Crippen LogP contribution in [-0.4, -0.2) is 36.3 Å². The lowest BCUT2D eigenvalue weighted by Crippen LogP contribution is -2.11. The Balaban J connectivity index is 1.78. The highest BCUT2D eigenvalue weighted by molar-refractivity contribution is 5.64. The molecule has 1 aliphatic rings. The van der Waals surface area contributed by atoms with Crippen LogP contribution < -0.4 is 10.6 Å². The molecule has 0 spiro atoms. The summed E-state index contributed by atoms with van der Waals surface area (Å²) >= 11 is 0. The molecular weight excluding hydrogens is 276 g/mol. The quantitative estimate of drug-likeness (QED) is 0.733. The first-order chi connectivity index (χ1) is 10.8. The highest BCUT2D eigenvalue weighted by atomic mass is 16.5. The lowest BCUT2D eigenvalue weighted by atomic mass is 10.1. The minimum absolute atomic E-state index is 0.569. The molecule has 22 heavy (non-hydrogen) atoms. The van der Waals surface area contributed by atoms with E-state index >= 15 is 0 Å². The van der Waals surface area contributed by atoms with E-state index in [9.17, 15) is 0 Å². The van der Waals surface area contributed by atoms with Gasteiger partial charge >= 0.3 is 0 Å². The number of rotatable bonds is 8. The van der Waals surface area contributed by atoms with E-state index in [0.717, 1.165) is 36.6 Å². The van der Waals surface area contributed by atoms with E-state index in [-0.39, 0.29) is 0 Å². The van der Waals surface area contributed by atoms with Crippen molar-refractivity contribution < 1.29 is 4.74 Å². The van der Waals surface area contributed by atoms with Gasteiger partial charge in [-0.15, -0.1) is 0 Å². The first-order valence-corrected chi connectivity index (χ1v) is 7.79. The van der Waals surface area contributed by atoms with E-state index in [1.54, 1.807) is 7.11 Å². The molecule has 1 saturated carbocycles. The van der Waals surface area contributed by atoms with Crippen molar-refractivity contribution in [2.45, 2.75) is 25.3 Å². The molecule has 5 nitrogen and oxygen atoms in total. The third-order valence-electron chi connectivity index (χ3n) is 3.53. The molecular formula is C17H22N4O. The largest absolute Gasteiger partial charge is 0.385 e. The average molecular weight is 298 g/mol. The van der Waals surface area contributed by atoms with Crippen LogP contribution in [0.5, 0.6) is 0 Å². The van der Waals surface area contributed by atoms with Crippen LogP contribution in [0, 0.1) is 0 Å². The number of nitrogens with zero attached hydrogens (tertiary/aromatic N) is 2. The fourth-order valence-corrected chi connectivity index (χ4v) is 2.21. The number of hydrogen-bond acceptors (Lipinski definition) is 5. The third kappa shape index (κ3) is 4.18. The van der Waals surface area contributed by atoms with Crippen LogP contribution in [0.4, 0.5) is 11.8 Å². The predicted molar refractivity (Wildman–Crippen MR) is 89.1 cm³/mol. The fraction of sp³-hybridized carbons (Fsp3) is 0.412. The van der Waals surface area contributed by atoms with Gasteiger partial charge in [0, 0.05) is 37.9 Å². The topological polar surface area (TPSA) is 59.1 Å². The van der Waals surface area contributed by atoms with Crippen molar-refractivity contribution in [2.75, 3.05) is 30.9 Å². The molecule has 0 aliphatic heterocycles. The molecule has 2 N–H and O–H groups in total. The van der Waals surface area contributed by atoms with E-state index in [0.29, 0.717) is 12.0 Å². The molecule has 0 radical (unpaired) electrons. The van der Waals surface area contributed by atoms with Gasteiger partial charge in [0.15, 0.2) is 0 Å². The van der Waals surface area contributed by atoms with Crippen LogP contribution in [0.15, 0.2) is 36.4 Å². The Bertz CT molecular complexity index is 599. The van der Waals surface area contributed by atoms with Crippen LogP contribution in [0.25, 0.3) is 11.3 Å². The molecule has 3 rings (SSSR count). The summed E-state index contributed by atoms with van der Waals surface area (Å²) in [7, 11) is 1.71. The molecule has 1 aromatic carbocycles. The number of aromatic nitrogens is 2. The molecule has 0 atom stereocenters. The van der Waals surface area contributed by atoms with Gasteiger partial charge in [0.05, 0.1) is 5.69 Å². The third-order valence-corrected chi connectivity index (χ3v) is 3.53. The lowest BCUT2D eigenvalue weighted by Gasteiger charge is -2.11. The van der Waals surface area contributed by atoms with Gasteiger partial charge in [-0.05, 0) is 19.3 Å². The number of benzene rings is 1. The summed E-state index contributed by atoms with van der Waals surface area (Å²) < 4.78 is 5.06. The zero-order chi connectivity index (χ0) is 15.2. The first-order valence-electron chi connectivity index (χ1n) is 7.79. The van der Waals surface area contributed by atoms with E-state index in [1.165, 1.54) is 12.8 Å². The number of hydrogen-bond donors (Lipinski definition) is 2. The maximum Gasteiger partial charge on any atom is 0.225 e. The zero-order valence-electron chi connectivity index (χ0n) is 12.9. The summed E-state index contributed by atoms with van der Waals surface area (Å²) in [5, 5.41) is 6.73. The van der Waals surface area contributed by atoms with Gasteiger partial charge < -0.3 is 15.4 Å². The summed E-state index contributed by atoms with van der Waals surface area (Å²) in [6.07, 6.45) is 3.38. The number of methoxy groups -OCH3 is 1. The predicted octanol–water partition coefficient (Wildman–Crippen LogP) is 3.17. The van der Waals surface area contributed by atoms with Gasteiger partial charge in [0.1, 0.15) is 5.82 Å². The van der Waals surface area contributed by atoms with Crippen LogP contribution in [0.2, 0.25) is 0 Å². The Morgan fingerprint density at radius 3 is 2.73 bits per heavy atom. The molecule has 116 valence electrons. The molecule has 1 fully saturated rings. The summed E-state index contributed by atoms with van der Waals surface area (Å²) in [4.78, 5) is 9.19. The van der Waals surface area contributed by atoms with Crippen molar-refractivity contribution in [2.24, 2.45) is 0 Å². The second kappa shape index (κ2) is 7.22.